The molecule has 1 aliphatic heterocycles. The Hall–Kier alpha value is -0.240. The summed E-state index contributed by atoms with van der Waals surface area (Å²) < 4.78 is 0. The van der Waals surface area contributed by atoms with Crippen LogP contribution in [0, 0.1) is 11.8 Å². The van der Waals surface area contributed by atoms with E-state index in [0.29, 0.717) is 24.2 Å². The molecule has 1 aliphatic rings. The van der Waals surface area contributed by atoms with Crippen LogP contribution in [0.2, 0.25) is 0 Å². The zero-order valence-electron chi connectivity index (χ0n) is 9.84. The van der Waals surface area contributed by atoms with Crippen LogP contribution in [0.1, 0.15) is 39.5 Å². The Morgan fingerprint density at radius 1 is 1.40 bits per heavy atom. The number of hydrogen-bond donors (Lipinski definition) is 0. The van der Waals surface area contributed by atoms with E-state index in [-0.39, 0.29) is 0 Å². The van der Waals surface area contributed by atoms with Crippen LogP contribution >= 0.6 is 11.6 Å². The number of carbonyl (C=O) groups is 1. The maximum Gasteiger partial charge on any atom is 0.222 e. The zero-order valence-corrected chi connectivity index (χ0v) is 10.6. The summed E-state index contributed by atoms with van der Waals surface area (Å²) in [7, 11) is 0. The second-order valence-corrected chi connectivity index (χ2v) is 5.22. The molecule has 0 aromatic carbocycles. The molecule has 3 heteroatoms. The number of piperidine rings is 1. The molecule has 1 rings (SSSR count). The van der Waals surface area contributed by atoms with E-state index in [4.69, 9.17) is 11.6 Å². The molecule has 0 bridgehead atoms. The van der Waals surface area contributed by atoms with Crippen molar-refractivity contribution in [3.05, 3.63) is 0 Å². The van der Waals surface area contributed by atoms with Crippen molar-refractivity contribution in [2.24, 2.45) is 11.8 Å². The molecule has 1 amide bonds. The van der Waals surface area contributed by atoms with Crippen LogP contribution in [0.5, 0.6) is 0 Å². The maximum atomic E-state index is 11.8. The van der Waals surface area contributed by atoms with Gasteiger partial charge in [0.1, 0.15) is 0 Å². The van der Waals surface area contributed by atoms with E-state index in [1.54, 1.807) is 0 Å². The molecule has 0 aromatic heterocycles. The summed E-state index contributed by atoms with van der Waals surface area (Å²) in [6.45, 7) is 6.14. The van der Waals surface area contributed by atoms with E-state index in [2.05, 4.69) is 13.8 Å². The highest BCUT2D eigenvalue weighted by Crippen LogP contribution is 2.19. The van der Waals surface area contributed by atoms with Crippen LogP contribution in [-0.4, -0.2) is 29.8 Å². The topological polar surface area (TPSA) is 20.3 Å². The van der Waals surface area contributed by atoms with Crippen molar-refractivity contribution < 1.29 is 4.79 Å². The lowest BCUT2D eigenvalue weighted by Gasteiger charge is -2.31. The van der Waals surface area contributed by atoms with Crippen molar-refractivity contribution in [2.45, 2.75) is 39.5 Å². The minimum absolute atomic E-state index is 0.330. The Morgan fingerprint density at radius 2 is 2.00 bits per heavy atom. The molecule has 0 atom stereocenters. The van der Waals surface area contributed by atoms with E-state index >= 15 is 0 Å². The molecule has 0 spiro atoms. The molecule has 1 fully saturated rings. The lowest BCUT2D eigenvalue weighted by Crippen LogP contribution is -2.38. The molecule has 0 aliphatic carbocycles. The largest absolute Gasteiger partial charge is 0.343 e. The molecule has 0 unspecified atom stereocenters. The monoisotopic (exact) mass is 231 g/mol. The van der Waals surface area contributed by atoms with Crippen molar-refractivity contribution in [1.82, 2.24) is 4.90 Å². The lowest BCUT2D eigenvalue weighted by atomic mass is 9.98. The number of carbonyl (C=O) groups excluding carboxylic acids is 1. The number of amides is 1. The molecule has 0 saturated carbocycles. The summed E-state index contributed by atoms with van der Waals surface area (Å²) in [4.78, 5) is 13.8. The van der Waals surface area contributed by atoms with Gasteiger partial charge in [0, 0.05) is 25.4 Å². The molecule has 88 valence electrons. The number of halogens is 1. The van der Waals surface area contributed by atoms with Gasteiger partial charge >= 0.3 is 0 Å². The SMILES string of the molecule is CC(C)CCC(=O)N1CCC(CCl)CC1. The fraction of sp³-hybridized carbons (Fsp3) is 0.917. The highest BCUT2D eigenvalue weighted by molar-refractivity contribution is 6.18. The molecule has 0 N–H and O–H groups in total. The van der Waals surface area contributed by atoms with Gasteiger partial charge in [-0.2, -0.15) is 0 Å². The minimum atomic E-state index is 0.330. The molecular weight excluding hydrogens is 210 g/mol. The number of alkyl halides is 1. The minimum Gasteiger partial charge on any atom is -0.343 e. The standard InChI is InChI=1S/C12H22ClNO/c1-10(2)3-4-12(15)14-7-5-11(9-13)6-8-14/h10-11H,3-9H2,1-2H3. The summed E-state index contributed by atoms with van der Waals surface area (Å²) in [6, 6.07) is 0. The number of nitrogens with zero attached hydrogens (tertiary/aromatic N) is 1. The molecule has 0 radical (unpaired) electrons. The fourth-order valence-corrected chi connectivity index (χ4v) is 2.22. The smallest absolute Gasteiger partial charge is 0.222 e. The van der Waals surface area contributed by atoms with Crippen LogP contribution in [0.3, 0.4) is 0 Å². The third-order valence-corrected chi connectivity index (χ3v) is 3.56. The molecule has 2 nitrogen and oxygen atoms in total. The normalized spacial score (nSPS) is 18.5. The van der Waals surface area contributed by atoms with Gasteiger partial charge in [-0.1, -0.05) is 13.8 Å². The first-order chi connectivity index (χ1) is 7.13. The van der Waals surface area contributed by atoms with Crippen LogP contribution in [0.15, 0.2) is 0 Å². The van der Waals surface area contributed by atoms with E-state index in [9.17, 15) is 4.79 Å². The van der Waals surface area contributed by atoms with E-state index in [0.717, 1.165) is 38.2 Å². The summed E-state index contributed by atoms with van der Waals surface area (Å²) in [6.07, 6.45) is 3.88. The molecule has 1 heterocycles. The van der Waals surface area contributed by atoms with Gasteiger partial charge in [-0.25, -0.2) is 0 Å². The van der Waals surface area contributed by atoms with Gasteiger partial charge in [0.25, 0.3) is 0 Å². The summed E-state index contributed by atoms with van der Waals surface area (Å²) >= 11 is 5.81. The average molecular weight is 232 g/mol. The predicted molar refractivity (Wildman–Crippen MR) is 64.1 cm³/mol. The highest BCUT2D eigenvalue weighted by atomic mass is 35.5. The second-order valence-electron chi connectivity index (χ2n) is 4.91. The van der Waals surface area contributed by atoms with Crippen molar-refractivity contribution in [1.29, 1.82) is 0 Å². The number of hydrogen-bond acceptors (Lipinski definition) is 1. The first kappa shape index (κ1) is 12.8. The van der Waals surface area contributed by atoms with Crippen molar-refractivity contribution in [2.75, 3.05) is 19.0 Å². The Labute approximate surface area is 98.0 Å². The van der Waals surface area contributed by atoms with Gasteiger partial charge in [-0.05, 0) is 31.1 Å². The third kappa shape index (κ3) is 4.42. The van der Waals surface area contributed by atoms with Gasteiger partial charge < -0.3 is 4.90 Å². The maximum absolute atomic E-state index is 11.8. The van der Waals surface area contributed by atoms with Crippen LogP contribution < -0.4 is 0 Å². The van der Waals surface area contributed by atoms with Crippen LogP contribution in [0.25, 0.3) is 0 Å². The molecule has 0 aromatic rings. The second kappa shape index (κ2) is 6.37. The summed E-state index contributed by atoms with van der Waals surface area (Å²) in [5.74, 6) is 2.32. The average Bonchev–Trinajstić information content (AvgIpc) is 2.26. The molecule has 1 saturated heterocycles. The van der Waals surface area contributed by atoms with Crippen molar-refractivity contribution >= 4 is 17.5 Å². The fourth-order valence-electron chi connectivity index (χ4n) is 1.91. The Morgan fingerprint density at radius 3 is 2.47 bits per heavy atom. The van der Waals surface area contributed by atoms with Gasteiger partial charge in [0.2, 0.25) is 5.91 Å². The lowest BCUT2D eigenvalue weighted by molar-refractivity contribution is -0.132. The number of likely N-dealkylation sites (tertiary alicyclic amines) is 1. The first-order valence-electron chi connectivity index (χ1n) is 5.97. The van der Waals surface area contributed by atoms with E-state index < -0.39 is 0 Å². The first-order valence-corrected chi connectivity index (χ1v) is 6.50. The van der Waals surface area contributed by atoms with Gasteiger partial charge in [-0.15, -0.1) is 11.6 Å². The molecule has 15 heavy (non-hydrogen) atoms. The summed E-state index contributed by atoms with van der Waals surface area (Å²) in [5.41, 5.74) is 0. The highest BCUT2D eigenvalue weighted by Gasteiger charge is 2.21. The van der Waals surface area contributed by atoms with Crippen LogP contribution in [0.4, 0.5) is 0 Å². The Kier molecular flexibility index (Phi) is 5.44. The predicted octanol–water partition coefficient (Wildman–Crippen LogP) is 2.90. The third-order valence-electron chi connectivity index (χ3n) is 3.12. The quantitative estimate of drug-likeness (QED) is 0.682. The Balaban J connectivity index is 2.24. The van der Waals surface area contributed by atoms with Gasteiger partial charge in [0.15, 0.2) is 0 Å². The number of rotatable bonds is 4. The zero-order chi connectivity index (χ0) is 11.3. The van der Waals surface area contributed by atoms with Gasteiger partial charge in [-0.3, -0.25) is 4.79 Å². The Bertz CT molecular complexity index is 198. The summed E-state index contributed by atoms with van der Waals surface area (Å²) in [5, 5.41) is 0. The van der Waals surface area contributed by atoms with Gasteiger partial charge in [0.05, 0.1) is 0 Å². The molecular formula is C12H22ClNO. The van der Waals surface area contributed by atoms with E-state index in [1.807, 2.05) is 4.90 Å². The van der Waals surface area contributed by atoms with Crippen LogP contribution in [-0.2, 0) is 4.79 Å². The van der Waals surface area contributed by atoms with E-state index in [1.165, 1.54) is 0 Å². The van der Waals surface area contributed by atoms with Crippen molar-refractivity contribution in [3.63, 3.8) is 0 Å². The van der Waals surface area contributed by atoms with Crippen molar-refractivity contribution in [3.8, 4) is 0 Å².